The van der Waals surface area contributed by atoms with E-state index in [2.05, 4.69) is 46.2 Å². The van der Waals surface area contributed by atoms with Gasteiger partial charge in [0.15, 0.2) is 0 Å². The summed E-state index contributed by atoms with van der Waals surface area (Å²) < 4.78 is 6.30. The lowest BCUT2D eigenvalue weighted by atomic mass is 10.0. The van der Waals surface area contributed by atoms with Crippen LogP contribution in [0.3, 0.4) is 0 Å². The average Bonchev–Trinajstić information content (AvgIpc) is 2.89. The van der Waals surface area contributed by atoms with Crippen LogP contribution in [0.4, 0.5) is 5.69 Å². The zero-order chi connectivity index (χ0) is 23.6. The Morgan fingerprint density at radius 3 is 2.21 bits per heavy atom. The van der Waals surface area contributed by atoms with Crippen molar-refractivity contribution in [3.8, 4) is 0 Å². The first-order valence-electron chi connectivity index (χ1n) is 11.8. The number of ether oxygens (including phenoxy) is 1. The summed E-state index contributed by atoms with van der Waals surface area (Å²) >= 11 is 0. The molecule has 1 heterocycles. The molecule has 6 nitrogen and oxygen atoms in total. The third-order valence-electron chi connectivity index (χ3n) is 6.12. The molecule has 34 heavy (non-hydrogen) atoms. The fourth-order valence-electron chi connectivity index (χ4n) is 4.21. The molecule has 0 N–H and O–H groups in total. The van der Waals surface area contributed by atoms with Gasteiger partial charge in [-0.25, -0.2) is 0 Å². The topological polar surface area (TPSA) is 58.9 Å². The van der Waals surface area contributed by atoms with Gasteiger partial charge in [0, 0.05) is 51.4 Å². The number of hydrogen-bond acceptors (Lipinski definition) is 5. The zero-order valence-corrected chi connectivity index (χ0v) is 19.3. The first-order valence-corrected chi connectivity index (χ1v) is 11.8. The summed E-state index contributed by atoms with van der Waals surface area (Å²) in [5.74, 6) is 0. The Bertz CT molecular complexity index is 1060. The Labute approximate surface area is 201 Å². The first-order chi connectivity index (χ1) is 16.7. The van der Waals surface area contributed by atoms with Crippen molar-refractivity contribution in [3.63, 3.8) is 0 Å². The molecule has 3 aromatic rings. The zero-order valence-electron chi connectivity index (χ0n) is 19.3. The van der Waals surface area contributed by atoms with E-state index in [0.717, 1.165) is 50.4 Å². The lowest BCUT2D eigenvalue weighted by molar-refractivity contribution is -0.385. The van der Waals surface area contributed by atoms with E-state index < -0.39 is 0 Å². The molecular weight excluding hydrogens is 426 g/mol. The predicted molar refractivity (Wildman–Crippen MR) is 136 cm³/mol. The van der Waals surface area contributed by atoms with Gasteiger partial charge in [-0.15, -0.1) is 0 Å². The number of piperazine rings is 1. The SMILES string of the molecule is O=[N+]([O-])c1cccc(C(OCCN2CCN(C/C=C/c3ccccc3)CC2)c2ccccc2)c1. The number of nitro benzene ring substituents is 1. The van der Waals surface area contributed by atoms with Crippen LogP contribution in [0, 0.1) is 10.1 Å². The Kier molecular flexibility index (Phi) is 8.57. The molecule has 1 aliphatic heterocycles. The van der Waals surface area contributed by atoms with E-state index in [-0.39, 0.29) is 16.7 Å². The number of hydrogen-bond donors (Lipinski definition) is 0. The molecule has 4 rings (SSSR count). The minimum atomic E-state index is -0.361. The Morgan fingerprint density at radius 2 is 1.50 bits per heavy atom. The maximum absolute atomic E-state index is 11.2. The van der Waals surface area contributed by atoms with Crippen LogP contribution < -0.4 is 0 Å². The van der Waals surface area contributed by atoms with Crippen LogP contribution in [-0.2, 0) is 4.74 Å². The van der Waals surface area contributed by atoms with Crippen molar-refractivity contribution in [3.05, 3.63) is 118 Å². The fourth-order valence-corrected chi connectivity index (χ4v) is 4.21. The molecule has 0 aromatic heterocycles. The smallest absolute Gasteiger partial charge is 0.269 e. The second-order valence-electron chi connectivity index (χ2n) is 8.47. The summed E-state index contributed by atoms with van der Waals surface area (Å²) in [6.45, 7) is 6.45. The van der Waals surface area contributed by atoms with Crippen LogP contribution in [0.15, 0.2) is 91.0 Å². The van der Waals surface area contributed by atoms with Crippen molar-refractivity contribution in [1.82, 2.24) is 9.80 Å². The van der Waals surface area contributed by atoms with E-state index in [1.165, 1.54) is 11.6 Å². The van der Waals surface area contributed by atoms with Crippen molar-refractivity contribution >= 4 is 11.8 Å². The standard InChI is InChI=1S/C28H31N3O3/c32-31(33)27-15-7-14-26(23-27)28(25-12-5-2-6-13-25)34-22-21-30-19-17-29(18-20-30)16-8-11-24-9-3-1-4-10-24/h1-15,23,28H,16-22H2/b11-8+. The van der Waals surface area contributed by atoms with Crippen LogP contribution in [0.2, 0.25) is 0 Å². The fraction of sp³-hybridized carbons (Fsp3) is 0.286. The lowest BCUT2D eigenvalue weighted by Crippen LogP contribution is -2.47. The monoisotopic (exact) mass is 457 g/mol. The van der Waals surface area contributed by atoms with Crippen molar-refractivity contribution in [1.29, 1.82) is 0 Å². The van der Waals surface area contributed by atoms with Gasteiger partial charge in [0.05, 0.1) is 11.5 Å². The molecule has 0 aliphatic carbocycles. The minimum Gasteiger partial charge on any atom is -0.367 e. The van der Waals surface area contributed by atoms with Gasteiger partial charge in [-0.1, -0.05) is 84.9 Å². The van der Waals surface area contributed by atoms with E-state index >= 15 is 0 Å². The van der Waals surface area contributed by atoms with Gasteiger partial charge < -0.3 is 4.74 Å². The second kappa shape index (κ2) is 12.2. The average molecular weight is 458 g/mol. The lowest BCUT2D eigenvalue weighted by Gasteiger charge is -2.34. The third kappa shape index (κ3) is 6.84. The molecule has 0 bridgehead atoms. The molecule has 3 aromatic carbocycles. The molecule has 6 heteroatoms. The van der Waals surface area contributed by atoms with Gasteiger partial charge in [-0.2, -0.15) is 0 Å². The summed E-state index contributed by atoms with van der Waals surface area (Å²) in [7, 11) is 0. The van der Waals surface area contributed by atoms with E-state index in [1.54, 1.807) is 12.1 Å². The van der Waals surface area contributed by atoms with Gasteiger partial charge in [0.2, 0.25) is 0 Å². The van der Waals surface area contributed by atoms with Crippen LogP contribution in [0.5, 0.6) is 0 Å². The van der Waals surface area contributed by atoms with Gasteiger partial charge in [-0.05, 0) is 16.7 Å². The van der Waals surface area contributed by atoms with Crippen LogP contribution in [0.25, 0.3) is 6.08 Å². The van der Waals surface area contributed by atoms with Crippen LogP contribution >= 0.6 is 0 Å². The first kappa shape index (κ1) is 23.8. The number of benzene rings is 3. The summed E-state index contributed by atoms with van der Waals surface area (Å²) in [6.07, 6.45) is 4.08. The summed E-state index contributed by atoms with van der Waals surface area (Å²) in [6, 6.07) is 27.0. The highest BCUT2D eigenvalue weighted by Crippen LogP contribution is 2.28. The molecular formula is C28H31N3O3. The second-order valence-corrected chi connectivity index (χ2v) is 8.47. The van der Waals surface area contributed by atoms with Gasteiger partial charge in [-0.3, -0.25) is 19.9 Å². The molecule has 0 radical (unpaired) electrons. The Balaban J connectivity index is 1.27. The van der Waals surface area contributed by atoms with Crippen LogP contribution in [0.1, 0.15) is 22.8 Å². The highest BCUT2D eigenvalue weighted by molar-refractivity contribution is 5.48. The molecule has 1 atom stereocenters. The molecule has 1 unspecified atom stereocenters. The normalized spacial score (nSPS) is 16.0. The largest absolute Gasteiger partial charge is 0.367 e. The van der Waals surface area contributed by atoms with E-state index in [1.807, 2.05) is 42.5 Å². The summed E-state index contributed by atoms with van der Waals surface area (Å²) in [5, 5.41) is 11.2. The van der Waals surface area contributed by atoms with Gasteiger partial charge >= 0.3 is 0 Å². The Morgan fingerprint density at radius 1 is 0.853 bits per heavy atom. The molecule has 1 fully saturated rings. The predicted octanol–water partition coefficient (Wildman–Crippen LogP) is 5.03. The Hall–Kier alpha value is -3.32. The number of non-ortho nitro benzene ring substituents is 1. The third-order valence-corrected chi connectivity index (χ3v) is 6.12. The van der Waals surface area contributed by atoms with Crippen LogP contribution in [-0.4, -0.2) is 60.6 Å². The van der Waals surface area contributed by atoms with E-state index in [4.69, 9.17) is 4.74 Å². The van der Waals surface area contributed by atoms with Gasteiger partial charge in [0.25, 0.3) is 5.69 Å². The molecule has 176 valence electrons. The minimum absolute atomic E-state index is 0.0828. The van der Waals surface area contributed by atoms with Crippen molar-refractivity contribution in [2.24, 2.45) is 0 Å². The quantitative estimate of drug-likeness (QED) is 0.316. The molecule has 1 aliphatic rings. The molecule has 0 saturated carbocycles. The van der Waals surface area contributed by atoms with E-state index in [9.17, 15) is 10.1 Å². The summed E-state index contributed by atoms with van der Waals surface area (Å²) in [5.41, 5.74) is 3.11. The highest BCUT2D eigenvalue weighted by atomic mass is 16.6. The number of nitro groups is 1. The molecule has 0 spiro atoms. The highest BCUT2D eigenvalue weighted by Gasteiger charge is 2.20. The molecule has 0 amide bonds. The number of nitrogens with zero attached hydrogens (tertiary/aromatic N) is 3. The summed E-state index contributed by atoms with van der Waals surface area (Å²) in [4.78, 5) is 15.8. The van der Waals surface area contributed by atoms with Crippen molar-refractivity contribution < 1.29 is 9.66 Å². The maximum atomic E-state index is 11.2. The maximum Gasteiger partial charge on any atom is 0.269 e. The van der Waals surface area contributed by atoms with Crippen molar-refractivity contribution in [2.75, 3.05) is 45.9 Å². The van der Waals surface area contributed by atoms with Gasteiger partial charge in [0.1, 0.15) is 6.10 Å². The number of rotatable bonds is 10. The van der Waals surface area contributed by atoms with E-state index in [0.29, 0.717) is 6.61 Å². The molecule has 1 saturated heterocycles. The van der Waals surface area contributed by atoms with Crippen molar-refractivity contribution in [2.45, 2.75) is 6.10 Å².